The third-order valence-corrected chi connectivity index (χ3v) is 7.59. The standard InChI is InChI=1S/C26H26F3N5O3S/c1-16-22(17-3-5-19(37-2)6-4-17)31-24-20(13-30-34(24)23(16)26(27,28)29)25(36)33-10-8-32(9-11-33)21(14-35)18-7-12-38-15-18/h3-7,12-13,15,21,35H,8-11,14H2,1-2H3/t21-/m0/s1. The summed E-state index contributed by atoms with van der Waals surface area (Å²) in [6.45, 7) is 3.06. The molecule has 5 rings (SSSR count). The number of benzene rings is 1. The number of methoxy groups -OCH3 is 1. The lowest BCUT2D eigenvalue weighted by molar-refractivity contribution is -0.143. The zero-order chi connectivity index (χ0) is 27.0. The molecule has 12 heteroatoms. The average molecular weight is 546 g/mol. The summed E-state index contributed by atoms with van der Waals surface area (Å²) >= 11 is 1.55. The Bertz CT molecular complexity index is 1430. The third kappa shape index (κ3) is 4.74. The molecule has 0 radical (unpaired) electrons. The molecule has 1 amide bonds. The predicted octanol–water partition coefficient (Wildman–Crippen LogP) is 4.29. The Morgan fingerprint density at radius 2 is 1.87 bits per heavy atom. The number of aliphatic hydroxyl groups is 1. The molecule has 1 aliphatic rings. The number of piperazine rings is 1. The van der Waals surface area contributed by atoms with Gasteiger partial charge in [0.15, 0.2) is 11.3 Å². The van der Waals surface area contributed by atoms with Gasteiger partial charge in [-0.1, -0.05) is 0 Å². The Labute approximate surface area is 220 Å². The summed E-state index contributed by atoms with van der Waals surface area (Å²) in [6.07, 6.45) is -3.56. The van der Waals surface area contributed by atoms with Crippen LogP contribution in [0.5, 0.6) is 5.75 Å². The molecule has 3 aromatic heterocycles. The average Bonchev–Trinajstić information content (AvgIpc) is 3.58. The number of carbonyl (C=O) groups is 1. The van der Waals surface area contributed by atoms with Gasteiger partial charge in [-0.15, -0.1) is 0 Å². The van der Waals surface area contributed by atoms with Gasteiger partial charge in [-0.2, -0.15) is 29.6 Å². The van der Waals surface area contributed by atoms with Gasteiger partial charge in [0.2, 0.25) is 0 Å². The summed E-state index contributed by atoms with van der Waals surface area (Å²) in [5.41, 5.74) is 0.405. The summed E-state index contributed by atoms with van der Waals surface area (Å²) in [5.74, 6) is 0.131. The number of nitrogens with zero attached hydrogens (tertiary/aromatic N) is 5. The summed E-state index contributed by atoms with van der Waals surface area (Å²) in [4.78, 5) is 21.7. The molecule has 1 saturated heterocycles. The van der Waals surface area contributed by atoms with E-state index in [0.29, 0.717) is 42.0 Å². The monoisotopic (exact) mass is 545 g/mol. The van der Waals surface area contributed by atoms with E-state index in [4.69, 9.17) is 4.74 Å². The van der Waals surface area contributed by atoms with E-state index in [1.165, 1.54) is 14.0 Å². The van der Waals surface area contributed by atoms with Crippen LogP contribution in [0.1, 0.15) is 33.2 Å². The lowest BCUT2D eigenvalue weighted by Crippen LogP contribution is -2.50. The molecule has 1 aromatic carbocycles. The number of aromatic nitrogens is 3. The van der Waals surface area contributed by atoms with Crippen molar-refractivity contribution in [2.75, 3.05) is 39.9 Å². The van der Waals surface area contributed by atoms with Gasteiger partial charge in [0.25, 0.3) is 5.91 Å². The van der Waals surface area contributed by atoms with Crippen LogP contribution in [0.4, 0.5) is 13.2 Å². The highest BCUT2D eigenvalue weighted by atomic mass is 32.1. The van der Waals surface area contributed by atoms with Crippen molar-refractivity contribution in [3.8, 4) is 17.0 Å². The van der Waals surface area contributed by atoms with Gasteiger partial charge < -0.3 is 14.7 Å². The first-order chi connectivity index (χ1) is 18.2. The molecule has 1 N–H and O–H groups in total. The Balaban J connectivity index is 1.47. The topological polar surface area (TPSA) is 83.2 Å². The Kier molecular flexibility index (Phi) is 7.12. The van der Waals surface area contributed by atoms with Crippen molar-refractivity contribution in [1.82, 2.24) is 24.4 Å². The molecule has 0 bridgehead atoms. The molecule has 0 unspecified atom stereocenters. The highest BCUT2D eigenvalue weighted by molar-refractivity contribution is 7.08. The normalized spacial score (nSPS) is 15.7. The minimum atomic E-state index is -4.72. The maximum absolute atomic E-state index is 14.2. The molecule has 200 valence electrons. The van der Waals surface area contributed by atoms with Gasteiger partial charge in [0, 0.05) is 37.3 Å². The zero-order valence-electron chi connectivity index (χ0n) is 20.8. The number of halogens is 3. The first-order valence-electron chi connectivity index (χ1n) is 12.0. The zero-order valence-corrected chi connectivity index (χ0v) is 21.6. The maximum atomic E-state index is 14.2. The van der Waals surface area contributed by atoms with E-state index in [0.717, 1.165) is 11.8 Å². The molecule has 4 heterocycles. The van der Waals surface area contributed by atoms with Crippen LogP contribution in [-0.4, -0.2) is 75.3 Å². The van der Waals surface area contributed by atoms with Crippen molar-refractivity contribution >= 4 is 22.9 Å². The minimum absolute atomic E-state index is 0.00949. The van der Waals surface area contributed by atoms with E-state index in [-0.39, 0.29) is 35.1 Å². The molecule has 1 fully saturated rings. The van der Waals surface area contributed by atoms with Crippen LogP contribution >= 0.6 is 11.3 Å². The van der Waals surface area contributed by atoms with Crippen molar-refractivity contribution in [1.29, 1.82) is 0 Å². The van der Waals surface area contributed by atoms with Gasteiger partial charge in [0.1, 0.15) is 11.3 Å². The first-order valence-corrected chi connectivity index (χ1v) is 12.9. The summed E-state index contributed by atoms with van der Waals surface area (Å²) in [7, 11) is 1.50. The highest BCUT2D eigenvalue weighted by Crippen LogP contribution is 2.37. The molecule has 4 aromatic rings. The Hall–Kier alpha value is -3.48. The molecular weight excluding hydrogens is 519 g/mol. The third-order valence-electron chi connectivity index (χ3n) is 6.89. The number of amides is 1. The Morgan fingerprint density at radius 1 is 1.16 bits per heavy atom. The van der Waals surface area contributed by atoms with E-state index in [1.807, 2.05) is 16.8 Å². The fourth-order valence-corrected chi connectivity index (χ4v) is 5.60. The molecule has 0 spiro atoms. The molecule has 1 atom stereocenters. The maximum Gasteiger partial charge on any atom is 0.433 e. The summed E-state index contributed by atoms with van der Waals surface area (Å²) in [5, 5.41) is 17.8. The number of rotatable bonds is 6. The van der Waals surface area contributed by atoms with E-state index >= 15 is 0 Å². The van der Waals surface area contributed by atoms with Gasteiger partial charge in [-0.3, -0.25) is 9.69 Å². The number of hydrogen-bond acceptors (Lipinski definition) is 7. The van der Waals surface area contributed by atoms with Gasteiger partial charge in [0.05, 0.1) is 31.6 Å². The SMILES string of the molecule is COc1ccc(-c2nc3c(C(=O)N4CCN([C@@H](CO)c5ccsc5)CC4)cnn3c(C(F)(F)F)c2C)cc1. The number of hydrogen-bond donors (Lipinski definition) is 1. The second kappa shape index (κ2) is 10.4. The molecule has 0 saturated carbocycles. The number of carbonyl (C=O) groups excluding carboxylic acids is 1. The van der Waals surface area contributed by atoms with E-state index in [9.17, 15) is 23.1 Å². The van der Waals surface area contributed by atoms with Gasteiger partial charge >= 0.3 is 6.18 Å². The Morgan fingerprint density at radius 3 is 2.45 bits per heavy atom. The molecular formula is C26H26F3N5O3S. The smallest absolute Gasteiger partial charge is 0.433 e. The number of aliphatic hydroxyl groups excluding tert-OH is 1. The lowest BCUT2D eigenvalue weighted by atomic mass is 10.0. The predicted molar refractivity (Wildman–Crippen MR) is 136 cm³/mol. The van der Waals surface area contributed by atoms with Gasteiger partial charge in [-0.25, -0.2) is 9.50 Å². The van der Waals surface area contributed by atoms with Crippen molar-refractivity contribution in [3.05, 3.63) is 69.7 Å². The van der Waals surface area contributed by atoms with E-state index < -0.39 is 17.8 Å². The van der Waals surface area contributed by atoms with Crippen LogP contribution in [0.25, 0.3) is 16.9 Å². The van der Waals surface area contributed by atoms with Crippen molar-refractivity contribution in [3.63, 3.8) is 0 Å². The molecule has 8 nitrogen and oxygen atoms in total. The van der Waals surface area contributed by atoms with Crippen LogP contribution in [0.3, 0.4) is 0 Å². The number of thiophene rings is 1. The van der Waals surface area contributed by atoms with Crippen LogP contribution in [0.2, 0.25) is 0 Å². The second-order valence-electron chi connectivity index (χ2n) is 9.04. The molecule has 0 aliphatic carbocycles. The quantitative estimate of drug-likeness (QED) is 0.390. The van der Waals surface area contributed by atoms with E-state index in [2.05, 4.69) is 15.0 Å². The lowest BCUT2D eigenvalue weighted by Gasteiger charge is -2.38. The number of fused-ring (bicyclic) bond motifs is 1. The molecule has 38 heavy (non-hydrogen) atoms. The van der Waals surface area contributed by atoms with Crippen LogP contribution in [-0.2, 0) is 6.18 Å². The number of alkyl halides is 3. The summed E-state index contributed by atoms with van der Waals surface area (Å²) < 4.78 is 48.5. The van der Waals surface area contributed by atoms with Crippen LogP contribution in [0, 0.1) is 6.92 Å². The first kappa shape index (κ1) is 26.1. The largest absolute Gasteiger partial charge is 0.497 e. The second-order valence-corrected chi connectivity index (χ2v) is 9.82. The van der Waals surface area contributed by atoms with Crippen molar-refractivity contribution in [2.45, 2.75) is 19.1 Å². The van der Waals surface area contributed by atoms with Crippen molar-refractivity contribution in [2.24, 2.45) is 0 Å². The van der Waals surface area contributed by atoms with E-state index in [1.54, 1.807) is 40.5 Å². The van der Waals surface area contributed by atoms with Crippen molar-refractivity contribution < 1.29 is 27.8 Å². The minimum Gasteiger partial charge on any atom is -0.497 e. The molecule has 1 aliphatic heterocycles. The summed E-state index contributed by atoms with van der Waals surface area (Å²) in [6, 6.07) is 8.35. The van der Waals surface area contributed by atoms with Crippen LogP contribution in [0.15, 0.2) is 47.3 Å². The fourth-order valence-electron chi connectivity index (χ4n) is 4.89. The number of ether oxygens (including phenoxy) is 1. The highest BCUT2D eigenvalue weighted by Gasteiger charge is 2.39. The van der Waals surface area contributed by atoms with Crippen LogP contribution < -0.4 is 4.74 Å². The fraction of sp³-hybridized carbons (Fsp3) is 0.346. The van der Waals surface area contributed by atoms with Gasteiger partial charge in [-0.05, 0) is 53.6 Å².